The molecule has 8 heteroatoms. The molecular formula is C15H12ClNO5S. The summed E-state index contributed by atoms with van der Waals surface area (Å²) in [5.41, 5.74) is 0.221. The van der Waals surface area contributed by atoms with Crippen LogP contribution in [0.15, 0.2) is 53.4 Å². The molecule has 0 aromatic heterocycles. The second kappa shape index (κ2) is 5.75. The monoisotopic (exact) mass is 353 g/mol. The molecule has 1 aliphatic heterocycles. The third kappa shape index (κ3) is 2.85. The molecule has 0 aliphatic carbocycles. The molecule has 0 unspecified atom stereocenters. The largest absolute Gasteiger partial charge is 0.478 e. The first-order valence-corrected chi connectivity index (χ1v) is 8.48. The summed E-state index contributed by atoms with van der Waals surface area (Å²) < 4.78 is 32.1. The van der Waals surface area contributed by atoms with Crippen LogP contribution >= 0.6 is 11.6 Å². The van der Waals surface area contributed by atoms with E-state index in [1.165, 1.54) is 30.3 Å². The fraction of sp³-hybridized carbons (Fsp3) is 0.133. The van der Waals surface area contributed by atoms with E-state index in [0.29, 0.717) is 5.02 Å². The molecule has 0 saturated carbocycles. The third-order valence-electron chi connectivity index (χ3n) is 3.40. The minimum absolute atomic E-state index is 0.0666. The summed E-state index contributed by atoms with van der Waals surface area (Å²) in [4.78, 5) is 11.3. The van der Waals surface area contributed by atoms with Crippen LogP contribution in [0.3, 0.4) is 0 Å². The van der Waals surface area contributed by atoms with Crippen LogP contribution in [0.5, 0.6) is 5.75 Å². The van der Waals surface area contributed by atoms with Gasteiger partial charge in [-0.25, -0.2) is 13.2 Å². The number of nitrogens with zero attached hydrogens (tertiary/aromatic N) is 1. The molecule has 120 valence electrons. The van der Waals surface area contributed by atoms with Gasteiger partial charge in [0, 0.05) is 5.02 Å². The molecule has 0 spiro atoms. The highest BCUT2D eigenvalue weighted by atomic mass is 35.5. The molecule has 0 radical (unpaired) electrons. The van der Waals surface area contributed by atoms with E-state index in [1.54, 1.807) is 18.2 Å². The summed E-state index contributed by atoms with van der Waals surface area (Å²) in [5.74, 6) is -1.08. The molecule has 1 heterocycles. The predicted octanol–water partition coefficient (Wildman–Crippen LogP) is 2.38. The van der Waals surface area contributed by atoms with Crippen molar-refractivity contribution in [1.82, 2.24) is 0 Å². The average molecular weight is 354 g/mol. The van der Waals surface area contributed by atoms with Crippen molar-refractivity contribution in [3.63, 3.8) is 0 Å². The Labute approximate surface area is 137 Å². The van der Waals surface area contributed by atoms with E-state index in [0.717, 1.165) is 4.31 Å². The van der Waals surface area contributed by atoms with Gasteiger partial charge in [0.05, 0.1) is 17.1 Å². The van der Waals surface area contributed by atoms with Crippen LogP contribution in [0.2, 0.25) is 5.02 Å². The lowest BCUT2D eigenvalue weighted by Gasteiger charge is -2.33. The van der Waals surface area contributed by atoms with Gasteiger partial charge in [-0.2, -0.15) is 0 Å². The first-order chi connectivity index (χ1) is 10.9. The Kier molecular flexibility index (Phi) is 3.91. The van der Waals surface area contributed by atoms with Crippen molar-refractivity contribution in [3.05, 3.63) is 53.6 Å². The Balaban J connectivity index is 2.14. The van der Waals surface area contributed by atoms with Gasteiger partial charge in [-0.1, -0.05) is 29.8 Å². The minimum atomic E-state index is -3.93. The van der Waals surface area contributed by atoms with Gasteiger partial charge >= 0.3 is 5.97 Å². The van der Waals surface area contributed by atoms with Crippen molar-refractivity contribution >= 4 is 33.3 Å². The van der Waals surface area contributed by atoms with Gasteiger partial charge in [0.1, 0.15) is 5.75 Å². The topological polar surface area (TPSA) is 83.9 Å². The number of hydrogen-bond donors (Lipinski definition) is 1. The van der Waals surface area contributed by atoms with E-state index in [9.17, 15) is 18.3 Å². The lowest BCUT2D eigenvalue weighted by Crippen LogP contribution is -2.47. The Hall–Kier alpha value is -2.25. The van der Waals surface area contributed by atoms with Crippen molar-refractivity contribution in [2.75, 3.05) is 10.8 Å². The van der Waals surface area contributed by atoms with Gasteiger partial charge in [0.2, 0.25) is 6.10 Å². The summed E-state index contributed by atoms with van der Waals surface area (Å²) in [6.07, 6.45) is -1.29. The molecule has 23 heavy (non-hydrogen) atoms. The van der Waals surface area contributed by atoms with Gasteiger partial charge in [-0.3, -0.25) is 4.31 Å². The highest BCUT2D eigenvalue weighted by Crippen LogP contribution is 2.38. The number of halogens is 1. The van der Waals surface area contributed by atoms with E-state index >= 15 is 0 Å². The highest BCUT2D eigenvalue weighted by Gasteiger charge is 2.37. The molecule has 2 aromatic carbocycles. The van der Waals surface area contributed by atoms with Crippen LogP contribution in [0.1, 0.15) is 0 Å². The maximum atomic E-state index is 12.9. The molecule has 2 aromatic rings. The molecule has 0 bridgehead atoms. The lowest BCUT2D eigenvalue weighted by atomic mass is 10.2. The third-order valence-corrected chi connectivity index (χ3v) is 5.43. The SMILES string of the molecule is O=C(O)[C@H]1CN(S(=O)(=O)c2ccccc2)c2cc(Cl)ccc2O1. The number of ether oxygens (including phenoxy) is 1. The van der Waals surface area contributed by atoms with E-state index in [2.05, 4.69) is 0 Å². The number of carbonyl (C=O) groups is 1. The first-order valence-electron chi connectivity index (χ1n) is 6.66. The van der Waals surface area contributed by atoms with Crippen molar-refractivity contribution in [3.8, 4) is 5.75 Å². The van der Waals surface area contributed by atoms with Crippen molar-refractivity contribution < 1.29 is 23.1 Å². The Bertz CT molecular complexity index is 853. The fourth-order valence-corrected chi connectivity index (χ4v) is 3.96. The molecule has 6 nitrogen and oxygen atoms in total. The molecule has 1 aliphatic rings. The van der Waals surface area contributed by atoms with E-state index < -0.39 is 22.1 Å². The summed E-state index contributed by atoms with van der Waals surface area (Å²) in [6, 6.07) is 12.2. The van der Waals surface area contributed by atoms with Crippen molar-refractivity contribution in [2.45, 2.75) is 11.0 Å². The summed E-state index contributed by atoms with van der Waals surface area (Å²) in [6.45, 7) is -0.333. The maximum absolute atomic E-state index is 12.9. The number of rotatable bonds is 3. The molecule has 1 N–H and O–H groups in total. The summed E-state index contributed by atoms with van der Waals surface area (Å²) >= 11 is 5.94. The van der Waals surface area contributed by atoms with Crippen LogP contribution in [-0.4, -0.2) is 32.1 Å². The molecule has 0 saturated heterocycles. The van der Waals surface area contributed by atoms with E-state index in [-0.39, 0.29) is 22.9 Å². The second-order valence-electron chi connectivity index (χ2n) is 4.91. The number of anilines is 1. The van der Waals surface area contributed by atoms with E-state index in [4.69, 9.17) is 16.3 Å². The smallest absolute Gasteiger partial charge is 0.346 e. The van der Waals surface area contributed by atoms with Crippen LogP contribution in [0.25, 0.3) is 0 Å². The van der Waals surface area contributed by atoms with E-state index in [1.807, 2.05) is 0 Å². The van der Waals surface area contributed by atoms with Crippen molar-refractivity contribution in [2.24, 2.45) is 0 Å². The summed E-state index contributed by atoms with van der Waals surface area (Å²) in [5, 5.41) is 9.53. The average Bonchev–Trinajstić information content (AvgIpc) is 2.54. The van der Waals surface area contributed by atoms with Crippen LogP contribution in [-0.2, 0) is 14.8 Å². The zero-order valence-corrected chi connectivity index (χ0v) is 13.3. The molecular weight excluding hydrogens is 342 g/mol. The van der Waals surface area contributed by atoms with Gasteiger partial charge < -0.3 is 9.84 Å². The number of sulfonamides is 1. The molecule has 0 fully saturated rings. The molecule has 1 atom stereocenters. The fourth-order valence-electron chi connectivity index (χ4n) is 2.30. The Morgan fingerprint density at radius 2 is 1.91 bits per heavy atom. The maximum Gasteiger partial charge on any atom is 0.346 e. The first kappa shape index (κ1) is 15.6. The minimum Gasteiger partial charge on any atom is -0.478 e. The van der Waals surface area contributed by atoms with Crippen LogP contribution in [0.4, 0.5) is 5.69 Å². The summed E-state index contributed by atoms with van der Waals surface area (Å²) in [7, 11) is -3.93. The van der Waals surface area contributed by atoms with Gasteiger partial charge in [0.25, 0.3) is 10.0 Å². The zero-order valence-electron chi connectivity index (χ0n) is 11.7. The van der Waals surface area contributed by atoms with Crippen LogP contribution in [0, 0.1) is 0 Å². The highest BCUT2D eigenvalue weighted by molar-refractivity contribution is 7.92. The Morgan fingerprint density at radius 1 is 1.22 bits per heavy atom. The molecule has 3 rings (SSSR count). The molecule has 0 amide bonds. The quantitative estimate of drug-likeness (QED) is 0.915. The number of hydrogen-bond acceptors (Lipinski definition) is 4. The number of carboxylic acid groups (broad SMARTS) is 1. The number of carboxylic acids is 1. The Morgan fingerprint density at radius 3 is 2.57 bits per heavy atom. The predicted molar refractivity (Wildman–Crippen MR) is 84.5 cm³/mol. The normalized spacial score (nSPS) is 17.3. The second-order valence-corrected chi connectivity index (χ2v) is 7.20. The number of aliphatic carboxylic acids is 1. The van der Waals surface area contributed by atoms with Gasteiger partial charge in [0.15, 0.2) is 0 Å². The number of benzene rings is 2. The lowest BCUT2D eigenvalue weighted by molar-refractivity contribution is -0.144. The van der Waals surface area contributed by atoms with Crippen molar-refractivity contribution in [1.29, 1.82) is 0 Å². The standard InChI is InChI=1S/C15H12ClNO5S/c16-10-6-7-13-12(8-10)17(9-14(22-13)15(18)19)23(20,21)11-4-2-1-3-5-11/h1-8,14H,9H2,(H,18,19)/t14-/m1/s1. The van der Waals surface area contributed by atoms with Crippen LogP contribution < -0.4 is 9.04 Å². The van der Waals surface area contributed by atoms with Gasteiger partial charge in [-0.15, -0.1) is 0 Å². The zero-order chi connectivity index (χ0) is 16.6. The van der Waals surface area contributed by atoms with Gasteiger partial charge in [-0.05, 0) is 30.3 Å². The number of fused-ring (bicyclic) bond motifs is 1.